The second kappa shape index (κ2) is 7.73. The summed E-state index contributed by atoms with van der Waals surface area (Å²) in [6.07, 6.45) is 19.3. The van der Waals surface area contributed by atoms with Gasteiger partial charge in [-0.3, -0.25) is 0 Å². The maximum atomic E-state index is 2.90. The molecule has 0 N–H and O–H groups in total. The summed E-state index contributed by atoms with van der Waals surface area (Å²) in [6, 6.07) is 0. The summed E-state index contributed by atoms with van der Waals surface area (Å²) in [5, 5.41) is 0. The van der Waals surface area contributed by atoms with E-state index in [-0.39, 0.29) is 0 Å². The minimum atomic E-state index is -2.43. The Hall–Kier alpha value is 0.532. The predicted octanol–water partition coefficient (Wildman–Crippen LogP) is 12.7. The van der Waals surface area contributed by atoms with Crippen LogP contribution in [-0.4, -0.2) is 0 Å². The molecule has 8 aliphatic rings. The van der Waals surface area contributed by atoms with Crippen molar-refractivity contribution >= 4 is 0 Å². The van der Waals surface area contributed by atoms with Crippen LogP contribution >= 0.6 is 0 Å². The van der Waals surface area contributed by atoms with Crippen molar-refractivity contribution in [1.29, 1.82) is 0 Å². The van der Waals surface area contributed by atoms with Crippen LogP contribution in [0, 0.1) is 69.0 Å². The van der Waals surface area contributed by atoms with Crippen molar-refractivity contribution in [2.45, 2.75) is 177 Å². The molecular formula is C40H68Cr. The molecule has 0 aromatic carbocycles. The van der Waals surface area contributed by atoms with Gasteiger partial charge in [-0.25, -0.2) is 0 Å². The average Bonchev–Trinajstić information content (AvgIpc) is 3.66. The van der Waals surface area contributed by atoms with Gasteiger partial charge in [0.2, 0.25) is 0 Å². The summed E-state index contributed by atoms with van der Waals surface area (Å²) in [5.41, 5.74) is 2.18. The van der Waals surface area contributed by atoms with E-state index in [2.05, 4.69) is 83.1 Å². The van der Waals surface area contributed by atoms with Crippen LogP contribution in [0.2, 0.25) is 17.1 Å². The Morgan fingerprint density at radius 3 is 0.683 bits per heavy atom. The summed E-state index contributed by atoms with van der Waals surface area (Å²) >= 11 is -2.43. The average molecular weight is 601 g/mol. The molecule has 8 rings (SSSR count). The van der Waals surface area contributed by atoms with E-state index < -0.39 is 13.1 Å². The Kier molecular flexibility index (Phi) is 5.46. The van der Waals surface area contributed by atoms with E-state index in [0.717, 1.165) is 47.3 Å². The second-order valence-electron chi connectivity index (χ2n) is 21.3. The SMILES string of the molecule is CC1C2CC[C]1([Cr]([C]13CCC(C1C)C(C)(C)C3)([C]13CCC(C1C)C(C)(C)C3)[C]13CCC(C1C)C(C)(C)C3)CC2(C)C. The van der Waals surface area contributed by atoms with Gasteiger partial charge in [0.25, 0.3) is 0 Å². The van der Waals surface area contributed by atoms with Gasteiger partial charge in [0, 0.05) is 0 Å². The number of rotatable bonds is 4. The predicted molar refractivity (Wildman–Crippen MR) is 172 cm³/mol. The van der Waals surface area contributed by atoms with Gasteiger partial charge in [-0.2, -0.15) is 0 Å². The van der Waals surface area contributed by atoms with Crippen LogP contribution in [-0.2, 0) is 13.1 Å². The second-order valence-corrected chi connectivity index (χ2v) is 28.3. The molecule has 12 unspecified atom stereocenters. The van der Waals surface area contributed by atoms with Crippen LogP contribution in [0.5, 0.6) is 0 Å². The fourth-order valence-electron chi connectivity index (χ4n) is 18.4. The molecule has 0 spiro atoms. The summed E-state index contributed by atoms with van der Waals surface area (Å²) in [6.45, 7) is 33.7. The van der Waals surface area contributed by atoms with E-state index >= 15 is 0 Å². The Labute approximate surface area is 258 Å². The molecule has 0 heterocycles. The molecule has 0 amide bonds. The third-order valence-electron chi connectivity index (χ3n) is 18.7. The third-order valence-corrected chi connectivity index (χ3v) is 30.8. The molecule has 0 aromatic heterocycles. The van der Waals surface area contributed by atoms with Crippen LogP contribution in [0.1, 0.15) is 160 Å². The van der Waals surface area contributed by atoms with E-state index in [9.17, 15) is 0 Å². The van der Waals surface area contributed by atoms with Crippen molar-refractivity contribution in [2.75, 3.05) is 0 Å². The van der Waals surface area contributed by atoms with Crippen LogP contribution in [0.3, 0.4) is 0 Å². The molecule has 234 valence electrons. The summed E-state index contributed by atoms with van der Waals surface area (Å²) < 4.78 is 2.73. The fourth-order valence-corrected chi connectivity index (χ4v) is 36.9. The molecule has 8 bridgehead atoms. The van der Waals surface area contributed by atoms with E-state index in [1.165, 1.54) is 0 Å². The van der Waals surface area contributed by atoms with Gasteiger partial charge < -0.3 is 0 Å². The third kappa shape index (κ3) is 2.73. The quantitative estimate of drug-likeness (QED) is 0.301. The molecule has 1 heteroatoms. The first-order chi connectivity index (χ1) is 18.8. The van der Waals surface area contributed by atoms with Gasteiger partial charge in [-0.05, 0) is 0 Å². The maximum absolute atomic E-state index is 2.90. The Bertz CT molecular complexity index is 976. The Morgan fingerprint density at radius 2 is 0.561 bits per heavy atom. The number of fused-ring (bicyclic) bond motifs is 8. The molecule has 0 nitrogen and oxygen atoms in total. The molecular weight excluding hydrogens is 532 g/mol. The van der Waals surface area contributed by atoms with Crippen molar-refractivity contribution in [3.8, 4) is 0 Å². The van der Waals surface area contributed by atoms with Gasteiger partial charge in [-0.15, -0.1) is 0 Å². The van der Waals surface area contributed by atoms with E-state index in [1.54, 1.807) is 77.0 Å². The molecule has 0 aromatic rings. The van der Waals surface area contributed by atoms with Crippen LogP contribution < -0.4 is 0 Å². The molecule has 0 aliphatic heterocycles. The zero-order chi connectivity index (χ0) is 29.6. The fraction of sp³-hybridized carbons (Fsp3) is 1.00. The van der Waals surface area contributed by atoms with Crippen molar-refractivity contribution in [2.24, 2.45) is 69.0 Å². The summed E-state index contributed by atoms with van der Waals surface area (Å²) in [7, 11) is 0. The minimum absolute atomic E-state index is 0.546. The molecule has 12 atom stereocenters. The first kappa shape index (κ1) is 29.0. The van der Waals surface area contributed by atoms with Gasteiger partial charge in [0.05, 0.1) is 0 Å². The normalized spacial score (nSPS) is 60.2. The Morgan fingerprint density at radius 1 is 0.366 bits per heavy atom. The molecule has 8 fully saturated rings. The Balaban J connectivity index is 1.54. The monoisotopic (exact) mass is 600 g/mol. The van der Waals surface area contributed by atoms with Crippen molar-refractivity contribution in [3.63, 3.8) is 0 Å². The van der Waals surface area contributed by atoms with Gasteiger partial charge in [0.1, 0.15) is 0 Å². The zero-order valence-electron chi connectivity index (χ0n) is 29.5. The first-order valence-electron chi connectivity index (χ1n) is 18.6. The van der Waals surface area contributed by atoms with Crippen molar-refractivity contribution in [3.05, 3.63) is 0 Å². The van der Waals surface area contributed by atoms with E-state index in [0.29, 0.717) is 38.8 Å². The van der Waals surface area contributed by atoms with Gasteiger partial charge in [-0.1, -0.05) is 0 Å². The number of hydrogen-bond acceptors (Lipinski definition) is 0. The van der Waals surface area contributed by atoms with Crippen LogP contribution in [0.15, 0.2) is 0 Å². The van der Waals surface area contributed by atoms with Crippen LogP contribution in [0.25, 0.3) is 0 Å². The summed E-state index contributed by atoms with van der Waals surface area (Å²) in [5.74, 6) is 7.79. The zero-order valence-corrected chi connectivity index (χ0v) is 30.8. The van der Waals surface area contributed by atoms with E-state index in [1.807, 2.05) is 0 Å². The van der Waals surface area contributed by atoms with Gasteiger partial charge in [0.15, 0.2) is 0 Å². The van der Waals surface area contributed by atoms with Crippen molar-refractivity contribution < 1.29 is 13.1 Å². The molecule has 0 saturated heterocycles. The van der Waals surface area contributed by atoms with Crippen molar-refractivity contribution in [1.82, 2.24) is 0 Å². The molecule has 0 radical (unpaired) electrons. The first-order valence-corrected chi connectivity index (χ1v) is 21.2. The standard InChI is InChI=1S/4C10H17.Cr/c4*1-7-8-4-5-9(7)10(2,3)6-8;/h4*7,9H,4-6H2,1-3H3;. The molecule has 8 aliphatic carbocycles. The summed E-state index contributed by atoms with van der Waals surface area (Å²) in [4.78, 5) is 0. The number of hydrogen-bond donors (Lipinski definition) is 0. The molecule has 8 saturated carbocycles. The van der Waals surface area contributed by atoms with E-state index in [4.69, 9.17) is 0 Å². The van der Waals surface area contributed by atoms with Crippen LogP contribution in [0.4, 0.5) is 0 Å². The molecule has 41 heavy (non-hydrogen) atoms. The topological polar surface area (TPSA) is 0 Å². The van der Waals surface area contributed by atoms with Gasteiger partial charge >= 0.3 is 259 Å².